The standard InChI is InChI=1S/C11H16F3N5S/c1-2-7(5-8(15)20)18-3-4-19-9(6-18)16-17-10(19)11(12,13)14/h7H,2-6H2,1H3,(H2,15,20). The van der Waals surface area contributed by atoms with Crippen LogP contribution in [0, 0.1) is 0 Å². The fourth-order valence-corrected chi connectivity index (χ4v) is 2.65. The van der Waals surface area contributed by atoms with Crippen molar-refractivity contribution in [3.05, 3.63) is 11.6 Å². The lowest BCUT2D eigenvalue weighted by molar-refractivity contribution is -0.148. The van der Waals surface area contributed by atoms with Crippen molar-refractivity contribution in [1.82, 2.24) is 19.7 Å². The summed E-state index contributed by atoms with van der Waals surface area (Å²) in [5.41, 5.74) is 5.55. The van der Waals surface area contributed by atoms with Gasteiger partial charge in [-0.2, -0.15) is 13.2 Å². The first kappa shape index (κ1) is 15.2. The fourth-order valence-electron chi connectivity index (χ4n) is 2.46. The average molecular weight is 307 g/mol. The van der Waals surface area contributed by atoms with E-state index in [2.05, 4.69) is 15.1 Å². The minimum absolute atomic E-state index is 0.132. The molecule has 0 aliphatic carbocycles. The van der Waals surface area contributed by atoms with Crippen molar-refractivity contribution >= 4 is 17.2 Å². The molecule has 1 unspecified atom stereocenters. The van der Waals surface area contributed by atoms with Gasteiger partial charge in [-0.3, -0.25) is 4.90 Å². The molecule has 1 atom stereocenters. The zero-order chi connectivity index (χ0) is 14.9. The van der Waals surface area contributed by atoms with Crippen LogP contribution in [0.3, 0.4) is 0 Å². The van der Waals surface area contributed by atoms with Crippen LogP contribution in [0.2, 0.25) is 0 Å². The van der Waals surface area contributed by atoms with Crippen LogP contribution in [-0.2, 0) is 19.3 Å². The summed E-state index contributed by atoms with van der Waals surface area (Å²) in [6.07, 6.45) is -3.07. The molecule has 0 amide bonds. The fraction of sp³-hybridized carbons (Fsp3) is 0.727. The Balaban J connectivity index is 2.16. The summed E-state index contributed by atoms with van der Waals surface area (Å²) >= 11 is 4.91. The average Bonchev–Trinajstić information content (AvgIpc) is 2.78. The van der Waals surface area contributed by atoms with Crippen molar-refractivity contribution in [2.45, 2.75) is 45.1 Å². The highest BCUT2D eigenvalue weighted by Gasteiger charge is 2.39. The number of hydrogen-bond acceptors (Lipinski definition) is 4. The van der Waals surface area contributed by atoms with Gasteiger partial charge in [0.05, 0.1) is 11.5 Å². The van der Waals surface area contributed by atoms with E-state index in [1.54, 1.807) is 0 Å². The van der Waals surface area contributed by atoms with Crippen LogP contribution in [0.15, 0.2) is 0 Å². The van der Waals surface area contributed by atoms with E-state index in [0.29, 0.717) is 30.3 Å². The van der Waals surface area contributed by atoms with Crippen molar-refractivity contribution in [3.63, 3.8) is 0 Å². The van der Waals surface area contributed by atoms with Crippen molar-refractivity contribution < 1.29 is 13.2 Å². The number of thiocarbonyl (C=S) groups is 1. The normalized spacial score (nSPS) is 17.8. The van der Waals surface area contributed by atoms with Gasteiger partial charge in [0.2, 0.25) is 5.82 Å². The van der Waals surface area contributed by atoms with Gasteiger partial charge in [-0.1, -0.05) is 19.1 Å². The summed E-state index contributed by atoms with van der Waals surface area (Å²) in [6, 6.07) is 0.132. The van der Waals surface area contributed by atoms with Crippen LogP contribution in [0.25, 0.3) is 0 Å². The first-order valence-electron chi connectivity index (χ1n) is 6.34. The summed E-state index contributed by atoms with van der Waals surface area (Å²) in [5, 5.41) is 6.92. The molecule has 20 heavy (non-hydrogen) atoms. The molecule has 0 saturated heterocycles. The molecule has 1 aromatic rings. The lowest BCUT2D eigenvalue weighted by Gasteiger charge is -2.34. The van der Waals surface area contributed by atoms with Gasteiger partial charge in [-0.25, -0.2) is 0 Å². The van der Waals surface area contributed by atoms with Crippen LogP contribution in [0.1, 0.15) is 31.4 Å². The maximum absolute atomic E-state index is 12.7. The third-order valence-corrected chi connectivity index (χ3v) is 3.63. The number of fused-ring (bicyclic) bond motifs is 1. The molecule has 0 radical (unpaired) electrons. The maximum atomic E-state index is 12.7. The van der Waals surface area contributed by atoms with Gasteiger partial charge in [0.25, 0.3) is 0 Å². The van der Waals surface area contributed by atoms with Crippen molar-refractivity contribution in [2.24, 2.45) is 5.73 Å². The number of halogens is 3. The van der Waals surface area contributed by atoms with Crippen molar-refractivity contribution in [1.29, 1.82) is 0 Å². The number of hydrogen-bond donors (Lipinski definition) is 1. The summed E-state index contributed by atoms with van der Waals surface area (Å²) in [7, 11) is 0. The molecule has 2 rings (SSSR count). The minimum atomic E-state index is -4.46. The number of alkyl halides is 3. The van der Waals surface area contributed by atoms with E-state index in [-0.39, 0.29) is 12.6 Å². The van der Waals surface area contributed by atoms with E-state index in [0.717, 1.165) is 11.0 Å². The molecular formula is C11H16F3N5S. The predicted molar refractivity (Wildman–Crippen MR) is 70.9 cm³/mol. The predicted octanol–water partition coefficient (Wildman–Crippen LogP) is 1.57. The third-order valence-electron chi connectivity index (χ3n) is 3.46. The largest absolute Gasteiger partial charge is 0.451 e. The number of nitrogens with zero attached hydrogens (tertiary/aromatic N) is 4. The van der Waals surface area contributed by atoms with E-state index in [9.17, 15) is 13.2 Å². The van der Waals surface area contributed by atoms with Crippen LogP contribution >= 0.6 is 12.2 Å². The van der Waals surface area contributed by atoms with Crippen LogP contribution in [-0.4, -0.2) is 37.2 Å². The molecule has 0 aromatic carbocycles. The molecule has 1 aliphatic heterocycles. The summed E-state index contributed by atoms with van der Waals surface area (Å²) in [5.74, 6) is -0.584. The Morgan fingerprint density at radius 2 is 2.10 bits per heavy atom. The lowest BCUT2D eigenvalue weighted by atomic mass is 10.1. The highest BCUT2D eigenvalue weighted by atomic mass is 32.1. The van der Waals surface area contributed by atoms with Gasteiger partial charge >= 0.3 is 6.18 Å². The maximum Gasteiger partial charge on any atom is 0.451 e. The lowest BCUT2D eigenvalue weighted by Crippen LogP contribution is -2.43. The molecule has 5 nitrogen and oxygen atoms in total. The molecule has 0 spiro atoms. The second-order valence-corrected chi connectivity index (χ2v) is 5.32. The monoisotopic (exact) mass is 307 g/mol. The highest BCUT2D eigenvalue weighted by molar-refractivity contribution is 7.80. The van der Waals surface area contributed by atoms with E-state index >= 15 is 0 Å². The molecule has 0 saturated carbocycles. The van der Waals surface area contributed by atoms with Gasteiger partial charge < -0.3 is 10.3 Å². The Morgan fingerprint density at radius 1 is 1.40 bits per heavy atom. The molecule has 0 bridgehead atoms. The molecule has 1 aromatic heterocycles. The highest BCUT2D eigenvalue weighted by Crippen LogP contribution is 2.30. The third kappa shape index (κ3) is 3.09. The molecule has 2 heterocycles. The van der Waals surface area contributed by atoms with Crippen molar-refractivity contribution in [2.75, 3.05) is 6.54 Å². The van der Waals surface area contributed by atoms with E-state index in [1.165, 1.54) is 0 Å². The van der Waals surface area contributed by atoms with Gasteiger partial charge in [0.15, 0.2) is 0 Å². The number of aromatic nitrogens is 3. The molecule has 112 valence electrons. The van der Waals surface area contributed by atoms with Crippen LogP contribution in [0.5, 0.6) is 0 Å². The first-order chi connectivity index (χ1) is 9.32. The second kappa shape index (κ2) is 5.65. The van der Waals surface area contributed by atoms with Crippen molar-refractivity contribution in [3.8, 4) is 0 Å². The Labute approximate surface area is 119 Å². The van der Waals surface area contributed by atoms with Crippen LogP contribution in [0.4, 0.5) is 13.2 Å². The first-order valence-corrected chi connectivity index (χ1v) is 6.75. The molecule has 1 aliphatic rings. The Hall–Kier alpha value is -1.22. The zero-order valence-corrected chi connectivity index (χ0v) is 11.8. The minimum Gasteiger partial charge on any atom is -0.393 e. The smallest absolute Gasteiger partial charge is 0.393 e. The summed E-state index contributed by atoms with van der Waals surface area (Å²) < 4.78 is 39.3. The van der Waals surface area contributed by atoms with E-state index in [1.807, 2.05) is 6.92 Å². The van der Waals surface area contributed by atoms with Gasteiger partial charge in [-0.05, 0) is 6.42 Å². The Bertz CT molecular complexity index is 499. The van der Waals surface area contributed by atoms with E-state index < -0.39 is 12.0 Å². The Kier molecular flexibility index (Phi) is 4.28. The molecule has 0 fully saturated rings. The quantitative estimate of drug-likeness (QED) is 0.856. The van der Waals surface area contributed by atoms with E-state index in [4.69, 9.17) is 18.0 Å². The molecule has 9 heteroatoms. The second-order valence-electron chi connectivity index (χ2n) is 4.79. The summed E-state index contributed by atoms with van der Waals surface area (Å²) in [4.78, 5) is 2.48. The van der Waals surface area contributed by atoms with Crippen LogP contribution < -0.4 is 5.73 Å². The van der Waals surface area contributed by atoms with Gasteiger partial charge in [0, 0.05) is 25.6 Å². The SMILES string of the molecule is CCC(CC(N)=S)N1CCn2c(nnc2C(F)(F)F)C1. The zero-order valence-electron chi connectivity index (χ0n) is 11.0. The topological polar surface area (TPSA) is 60.0 Å². The summed E-state index contributed by atoms with van der Waals surface area (Å²) in [6.45, 7) is 3.08. The Morgan fingerprint density at radius 3 is 2.65 bits per heavy atom. The number of rotatable bonds is 4. The molecular weight excluding hydrogens is 291 g/mol. The van der Waals surface area contributed by atoms with Gasteiger partial charge in [-0.15, -0.1) is 10.2 Å². The molecule has 2 N–H and O–H groups in total. The number of nitrogens with two attached hydrogens (primary N) is 1. The van der Waals surface area contributed by atoms with Gasteiger partial charge in [0.1, 0.15) is 5.82 Å².